The summed E-state index contributed by atoms with van der Waals surface area (Å²) in [6, 6.07) is 19.6. The largest absolute Gasteiger partial charge is 0.337 e. The van der Waals surface area contributed by atoms with Crippen molar-refractivity contribution in [1.29, 1.82) is 5.26 Å². The highest BCUT2D eigenvalue weighted by atomic mass is 16.2. The monoisotopic (exact) mass is 321 g/mol. The van der Waals surface area contributed by atoms with Gasteiger partial charge in [0.1, 0.15) is 0 Å². The van der Waals surface area contributed by atoms with E-state index in [-0.39, 0.29) is 6.03 Å². The Labute approximate surface area is 143 Å². The Balaban J connectivity index is 1.90. The average Bonchev–Trinajstić information content (AvgIpc) is 2.63. The van der Waals surface area contributed by atoms with Gasteiger partial charge in [-0.15, -0.1) is 0 Å². The summed E-state index contributed by atoms with van der Waals surface area (Å²) in [5.41, 5.74) is 2.79. The van der Waals surface area contributed by atoms with Crippen LogP contribution in [0.2, 0.25) is 0 Å². The van der Waals surface area contributed by atoms with Crippen LogP contribution in [0, 0.1) is 11.3 Å². The van der Waals surface area contributed by atoms with Gasteiger partial charge in [-0.25, -0.2) is 4.79 Å². The van der Waals surface area contributed by atoms with E-state index >= 15 is 0 Å². The molecule has 0 fully saturated rings. The van der Waals surface area contributed by atoms with Crippen LogP contribution in [0.3, 0.4) is 0 Å². The fourth-order valence-electron chi connectivity index (χ4n) is 2.65. The van der Waals surface area contributed by atoms with Crippen LogP contribution in [0.5, 0.6) is 0 Å². The molecule has 1 unspecified atom stereocenters. The van der Waals surface area contributed by atoms with Gasteiger partial charge in [-0.05, 0) is 29.7 Å². The first-order valence-corrected chi connectivity index (χ1v) is 8.17. The smallest absolute Gasteiger partial charge is 0.317 e. The van der Waals surface area contributed by atoms with Crippen LogP contribution in [0.4, 0.5) is 4.79 Å². The van der Waals surface area contributed by atoms with Crippen molar-refractivity contribution in [3.8, 4) is 6.07 Å². The molecular formula is C20H23N3O. The molecule has 0 radical (unpaired) electrons. The Kier molecular flexibility index (Phi) is 6.39. The number of carbonyl (C=O) groups is 1. The molecule has 1 N–H and O–H groups in total. The van der Waals surface area contributed by atoms with Crippen LogP contribution in [-0.4, -0.2) is 24.5 Å². The fraction of sp³-hybridized carbons (Fsp3) is 0.300. The number of hydrogen-bond acceptors (Lipinski definition) is 2. The van der Waals surface area contributed by atoms with Crippen molar-refractivity contribution in [2.24, 2.45) is 0 Å². The lowest BCUT2D eigenvalue weighted by Crippen LogP contribution is -2.38. The zero-order valence-corrected chi connectivity index (χ0v) is 14.2. The molecule has 0 bridgehead atoms. The third-order valence-corrected chi connectivity index (χ3v) is 4.09. The maximum absolute atomic E-state index is 12.3. The molecule has 0 heterocycles. The van der Waals surface area contributed by atoms with Crippen LogP contribution >= 0.6 is 0 Å². The lowest BCUT2D eigenvalue weighted by Gasteiger charge is -2.21. The standard InChI is InChI=1S/C20H23N3O/c1-3-18(19-10-5-4-6-11-19)14-22-20(24)23(2)15-17-9-7-8-16(12-17)13-21/h4-12,18H,3,14-15H2,1-2H3,(H,22,24). The van der Waals surface area contributed by atoms with E-state index in [1.165, 1.54) is 5.56 Å². The van der Waals surface area contributed by atoms with Crippen LogP contribution in [0.25, 0.3) is 0 Å². The van der Waals surface area contributed by atoms with Gasteiger partial charge < -0.3 is 10.2 Å². The van der Waals surface area contributed by atoms with E-state index in [4.69, 9.17) is 5.26 Å². The SMILES string of the molecule is CCC(CNC(=O)N(C)Cc1cccc(C#N)c1)c1ccccc1. The van der Waals surface area contributed by atoms with Gasteiger partial charge >= 0.3 is 6.03 Å². The zero-order chi connectivity index (χ0) is 17.4. The van der Waals surface area contributed by atoms with Crippen molar-refractivity contribution in [2.75, 3.05) is 13.6 Å². The predicted molar refractivity (Wildman–Crippen MR) is 95.5 cm³/mol. The Bertz CT molecular complexity index is 706. The number of rotatable bonds is 6. The maximum Gasteiger partial charge on any atom is 0.317 e. The van der Waals surface area contributed by atoms with Crippen molar-refractivity contribution >= 4 is 6.03 Å². The molecule has 1 atom stereocenters. The van der Waals surface area contributed by atoms with Crippen molar-refractivity contribution in [3.63, 3.8) is 0 Å². The summed E-state index contributed by atoms with van der Waals surface area (Å²) in [4.78, 5) is 13.9. The Morgan fingerprint density at radius 2 is 1.96 bits per heavy atom. The van der Waals surface area contributed by atoms with Gasteiger partial charge in [0.05, 0.1) is 11.6 Å². The molecule has 2 rings (SSSR count). The van der Waals surface area contributed by atoms with Crippen LogP contribution in [-0.2, 0) is 6.54 Å². The molecule has 4 nitrogen and oxygen atoms in total. The number of carbonyl (C=O) groups excluding carboxylic acids is 1. The Morgan fingerprint density at radius 3 is 2.62 bits per heavy atom. The van der Waals surface area contributed by atoms with Gasteiger partial charge in [-0.3, -0.25) is 0 Å². The normalized spacial score (nSPS) is 11.4. The summed E-state index contributed by atoms with van der Waals surface area (Å²) in [6.45, 7) is 3.21. The first kappa shape index (κ1) is 17.6. The summed E-state index contributed by atoms with van der Waals surface area (Å²) >= 11 is 0. The van der Waals surface area contributed by atoms with E-state index < -0.39 is 0 Å². The van der Waals surface area contributed by atoms with Crippen molar-refractivity contribution < 1.29 is 4.79 Å². The minimum absolute atomic E-state index is 0.105. The molecule has 0 saturated heterocycles. The van der Waals surface area contributed by atoms with Crippen molar-refractivity contribution in [1.82, 2.24) is 10.2 Å². The maximum atomic E-state index is 12.3. The number of nitriles is 1. The fourth-order valence-corrected chi connectivity index (χ4v) is 2.65. The molecule has 0 saturated carbocycles. The molecule has 0 aliphatic rings. The van der Waals surface area contributed by atoms with E-state index in [1.807, 2.05) is 36.4 Å². The molecule has 0 aromatic heterocycles. The number of urea groups is 1. The van der Waals surface area contributed by atoms with Gasteiger partial charge in [-0.2, -0.15) is 5.26 Å². The molecule has 2 aromatic carbocycles. The predicted octanol–water partition coefficient (Wildman–Crippen LogP) is 3.89. The highest BCUT2D eigenvalue weighted by molar-refractivity contribution is 5.73. The Morgan fingerprint density at radius 1 is 1.21 bits per heavy atom. The molecule has 0 aliphatic heterocycles. The van der Waals surface area contributed by atoms with E-state index in [1.54, 1.807) is 18.0 Å². The van der Waals surface area contributed by atoms with Crippen LogP contribution in [0.1, 0.15) is 36.0 Å². The van der Waals surface area contributed by atoms with Gasteiger partial charge in [0.25, 0.3) is 0 Å². The molecular weight excluding hydrogens is 298 g/mol. The molecule has 2 amide bonds. The summed E-state index contributed by atoms with van der Waals surface area (Å²) in [6.07, 6.45) is 0.970. The second-order valence-electron chi connectivity index (χ2n) is 5.87. The van der Waals surface area contributed by atoms with E-state index in [2.05, 4.69) is 30.4 Å². The Hall–Kier alpha value is -2.80. The zero-order valence-electron chi connectivity index (χ0n) is 14.2. The number of nitrogens with one attached hydrogen (secondary N) is 1. The van der Waals surface area contributed by atoms with Crippen molar-refractivity contribution in [3.05, 3.63) is 71.3 Å². The van der Waals surface area contributed by atoms with Crippen LogP contribution in [0.15, 0.2) is 54.6 Å². The highest BCUT2D eigenvalue weighted by Gasteiger charge is 2.13. The van der Waals surface area contributed by atoms with Gasteiger partial charge in [0.15, 0.2) is 0 Å². The highest BCUT2D eigenvalue weighted by Crippen LogP contribution is 2.18. The molecule has 4 heteroatoms. The quantitative estimate of drug-likeness (QED) is 0.877. The topological polar surface area (TPSA) is 56.1 Å². The lowest BCUT2D eigenvalue weighted by atomic mass is 9.97. The summed E-state index contributed by atoms with van der Waals surface area (Å²) in [5.74, 6) is 0.311. The van der Waals surface area contributed by atoms with Gasteiger partial charge in [-0.1, -0.05) is 49.4 Å². The van der Waals surface area contributed by atoms with Crippen molar-refractivity contribution in [2.45, 2.75) is 25.8 Å². The van der Waals surface area contributed by atoms with Gasteiger partial charge in [0.2, 0.25) is 0 Å². The third-order valence-electron chi connectivity index (χ3n) is 4.09. The molecule has 24 heavy (non-hydrogen) atoms. The minimum atomic E-state index is -0.105. The third kappa shape index (κ3) is 4.85. The summed E-state index contributed by atoms with van der Waals surface area (Å²) in [5, 5.41) is 11.9. The average molecular weight is 321 g/mol. The second-order valence-corrected chi connectivity index (χ2v) is 5.87. The van der Waals surface area contributed by atoms with E-state index in [0.29, 0.717) is 24.6 Å². The lowest BCUT2D eigenvalue weighted by molar-refractivity contribution is 0.206. The number of hydrogen-bond donors (Lipinski definition) is 1. The first-order valence-electron chi connectivity index (χ1n) is 8.17. The second kappa shape index (κ2) is 8.73. The number of nitrogens with zero attached hydrogens (tertiary/aromatic N) is 2. The number of amides is 2. The number of benzene rings is 2. The van der Waals surface area contributed by atoms with E-state index in [0.717, 1.165) is 12.0 Å². The van der Waals surface area contributed by atoms with Gasteiger partial charge in [0, 0.05) is 26.1 Å². The molecule has 124 valence electrons. The summed E-state index contributed by atoms with van der Waals surface area (Å²) < 4.78 is 0. The molecule has 2 aromatic rings. The minimum Gasteiger partial charge on any atom is -0.337 e. The molecule has 0 spiro atoms. The summed E-state index contributed by atoms with van der Waals surface area (Å²) in [7, 11) is 1.76. The first-order chi connectivity index (χ1) is 11.6. The van der Waals surface area contributed by atoms with Crippen LogP contribution < -0.4 is 5.32 Å². The molecule has 0 aliphatic carbocycles. The van der Waals surface area contributed by atoms with E-state index in [9.17, 15) is 4.79 Å².